The molecule has 0 unspecified atom stereocenters. The van der Waals surface area contributed by atoms with Crippen LogP contribution in [0.2, 0.25) is 0 Å². The highest BCUT2D eigenvalue weighted by molar-refractivity contribution is 7.92. The van der Waals surface area contributed by atoms with Crippen LogP contribution in [0.25, 0.3) is 0 Å². The quantitative estimate of drug-likeness (QED) is 0.462. The molecule has 0 radical (unpaired) electrons. The maximum Gasteiger partial charge on any atom is 0.244 e. The highest BCUT2D eigenvalue weighted by Crippen LogP contribution is 2.34. The van der Waals surface area contributed by atoms with Gasteiger partial charge in [0, 0.05) is 18.7 Å². The van der Waals surface area contributed by atoms with Gasteiger partial charge in [-0.25, -0.2) is 8.42 Å². The fourth-order valence-corrected chi connectivity index (χ4v) is 4.70. The molecule has 2 amide bonds. The highest BCUT2D eigenvalue weighted by Gasteiger charge is 2.33. The van der Waals surface area contributed by atoms with E-state index in [0.29, 0.717) is 12.2 Å². The van der Waals surface area contributed by atoms with Crippen LogP contribution in [0.3, 0.4) is 0 Å². The summed E-state index contributed by atoms with van der Waals surface area (Å²) < 4.78 is 37.4. The molecule has 0 aromatic heterocycles. The van der Waals surface area contributed by atoms with Gasteiger partial charge in [0.05, 0.1) is 26.2 Å². The minimum Gasteiger partial charge on any atom is -0.497 e. The maximum absolute atomic E-state index is 13.8. The van der Waals surface area contributed by atoms with Crippen molar-refractivity contribution >= 4 is 27.5 Å². The Kier molecular flexibility index (Phi) is 10.2. The third kappa shape index (κ3) is 7.36. The molecule has 2 rings (SSSR count). The smallest absolute Gasteiger partial charge is 0.244 e. The molecule has 0 bridgehead atoms. The number of carbonyl (C=O) groups is 2. The molecule has 10 heteroatoms. The highest BCUT2D eigenvalue weighted by atomic mass is 32.2. The fraction of sp³-hybridized carbons (Fsp3) is 0.462. The molecular formula is C26H37N3O6S. The van der Waals surface area contributed by atoms with Crippen LogP contribution in [0, 0.1) is 6.92 Å². The summed E-state index contributed by atoms with van der Waals surface area (Å²) in [5.41, 5.74) is 2.00. The van der Waals surface area contributed by atoms with Gasteiger partial charge in [0.15, 0.2) is 0 Å². The van der Waals surface area contributed by atoms with Gasteiger partial charge in [0.1, 0.15) is 24.1 Å². The first kappa shape index (κ1) is 29.0. The van der Waals surface area contributed by atoms with Crippen LogP contribution in [0.5, 0.6) is 11.5 Å². The summed E-state index contributed by atoms with van der Waals surface area (Å²) in [6.07, 6.45) is 1.38. The number of nitrogens with one attached hydrogen (secondary N) is 1. The SMILES string of the molecule is CC[C@@H](C(=O)NC(C)C)N(Cc1ccccc1C)C(=O)CN(c1cc(OC)ccc1OC)S(C)(=O)=O. The van der Waals surface area contributed by atoms with E-state index < -0.39 is 28.5 Å². The van der Waals surface area contributed by atoms with Crippen LogP contribution in [0.15, 0.2) is 42.5 Å². The molecule has 0 aliphatic heterocycles. The van der Waals surface area contributed by atoms with Gasteiger partial charge in [0.25, 0.3) is 0 Å². The van der Waals surface area contributed by atoms with Crippen molar-refractivity contribution in [2.24, 2.45) is 0 Å². The second-order valence-corrected chi connectivity index (χ2v) is 10.7. The number of rotatable bonds is 12. The predicted octanol–water partition coefficient (Wildman–Crippen LogP) is 3.11. The molecule has 0 aliphatic carbocycles. The molecule has 1 atom stereocenters. The van der Waals surface area contributed by atoms with Crippen molar-refractivity contribution < 1.29 is 27.5 Å². The molecular weight excluding hydrogens is 482 g/mol. The summed E-state index contributed by atoms with van der Waals surface area (Å²) >= 11 is 0. The second-order valence-electron chi connectivity index (χ2n) is 8.84. The van der Waals surface area contributed by atoms with Crippen LogP contribution < -0.4 is 19.1 Å². The Labute approximate surface area is 214 Å². The zero-order valence-corrected chi connectivity index (χ0v) is 22.9. The molecule has 0 saturated heterocycles. The molecule has 0 spiro atoms. The van der Waals surface area contributed by atoms with E-state index in [-0.39, 0.29) is 29.9 Å². The van der Waals surface area contributed by atoms with Gasteiger partial charge in [-0.15, -0.1) is 0 Å². The number of anilines is 1. The van der Waals surface area contributed by atoms with Gasteiger partial charge in [0.2, 0.25) is 21.8 Å². The second kappa shape index (κ2) is 12.6. The average Bonchev–Trinajstić information content (AvgIpc) is 2.81. The van der Waals surface area contributed by atoms with Crippen molar-refractivity contribution in [2.75, 3.05) is 31.3 Å². The topological polar surface area (TPSA) is 105 Å². The summed E-state index contributed by atoms with van der Waals surface area (Å²) in [4.78, 5) is 28.3. The maximum atomic E-state index is 13.8. The zero-order chi connectivity index (χ0) is 27.0. The average molecular weight is 520 g/mol. The fourth-order valence-electron chi connectivity index (χ4n) is 3.86. The summed E-state index contributed by atoms with van der Waals surface area (Å²) in [7, 11) is -1.03. The van der Waals surface area contributed by atoms with Crippen LogP contribution >= 0.6 is 0 Å². The van der Waals surface area contributed by atoms with E-state index >= 15 is 0 Å². The number of hydrogen-bond acceptors (Lipinski definition) is 6. The van der Waals surface area contributed by atoms with Crippen molar-refractivity contribution in [3.8, 4) is 11.5 Å². The summed E-state index contributed by atoms with van der Waals surface area (Å²) in [6, 6.07) is 11.4. The van der Waals surface area contributed by atoms with Crippen molar-refractivity contribution in [2.45, 2.75) is 52.7 Å². The number of hydrogen-bond donors (Lipinski definition) is 1. The molecule has 0 aliphatic rings. The van der Waals surface area contributed by atoms with E-state index in [9.17, 15) is 18.0 Å². The van der Waals surface area contributed by atoms with Crippen LogP contribution in [-0.2, 0) is 26.2 Å². The standard InChI is InChI=1S/C26H37N3O6S/c1-8-22(26(31)27-18(2)3)28(16-20-12-10-9-11-19(20)4)25(30)17-29(36(7,32)33)23-15-21(34-5)13-14-24(23)35-6/h9-15,18,22H,8,16-17H2,1-7H3,(H,27,31)/t22-/m0/s1. The van der Waals surface area contributed by atoms with Crippen molar-refractivity contribution in [3.05, 3.63) is 53.6 Å². The van der Waals surface area contributed by atoms with Crippen molar-refractivity contribution in [1.29, 1.82) is 0 Å². The van der Waals surface area contributed by atoms with Gasteiger partial charge >= 0.3 is 0 Å². The lowest BCUT2D eigenvalue weighted by Gasteiger charge is -2.33. The Bertz CT molecular complexity index is 1170. The first-order valence-electron chi connectivity index (χ1n) is 11.8. The first-order chi connectivity index (χ1) is 16.9. The van der Waals surface area contributed by atoms with Crippen LogP contribution in [0.4, 0.5) is 5.69 Å². The summed E-state index contributed by atoms with van der Waals surface area (Å²) in [6.45, 7) is 7.08. The zero-order valence-electron chi connectivity index (χ0n) is 22.1. The Morgan fingerprint density at radius 3 is 2.25 bits per heavy atom. The number of amides is 2. The Balaban J connectivity index is 2.55. The number of sulfonamides is 1. The molecule has 0 saturated carbocycles. The molecule has 36 heavy (non-hydrogen) atoms. The Morgan fingerprint density at radius 1 is 1.06 bits per heavy atom. The lowest BCUT2D eigenvalue weighted by atomic mass is 10.1. The van der Waals surface area contributed by atoms with E-state index in [1.165, 1.54) is 25.2 Å². The molecule has 198 valence electrons. The predicted molar refractivity (Wildman–Crippen MR) is 141 cm³/mol. The lowest BCUT2D eigenvalue weighted by molar-refractivity contribution is -0.140. The third-order valence-corrected chi connectivity index (χ3v) is 6.88. The van der Waals surface area contributed by atoms with E-state index in [1.54, 1.807) is 12.1 Å². The van der Waals surface area contributed by atoms with Crippen LogP contribution in [-0.4, -0.2) is 64.2 Å². The molecule has 0 heterocycles. The number of carbonyl (C=O) groups excluding carboxylic acids is 2. The molecule has 2 aromatic rings. The normalized spacial score (nSPS) is 12.1. The number of ether oxygens (including phenoxy) is 2. The number of aryl methyl sites for hydroxylation is 1. The first-order valence-corrected chi connectivity index (χ1v) is 13.6. The van der Waals surface area contributed by atoms with Crippen molar-refractivity contribution in [1.82, 2.24) is 10.2 Å². The van der Waals surface area contributed by atoms with E-state index in [2.05, 4.69) is 5.32 Å². The minimum atomic E-state index is -3.91. The number of methoxy groups -OCH3 is 2. The Morgan fingerprint density at radius 2 is 1.72 bits per heavy atom. The molecule has 9 nitrogen and oxygen atoms in total. The largest absolute Gasteiger partial charge is 0.497 e. The van der Waals surface area contributed by atoms with Gasteiger partial charge in [-0.2, -0.15) is 0 Å². The molecule has 2 aromatic carbocycles. The van der Waals surface area contributed by atoms with Gasteiger partial charge in [-0.3, -0.25) is 13.9 Å². The van der Waals surface area contributed by atoms with E-state index in [0.717, 1.165) is 21.7 Å². The van der Waals surface area contributed by atoms with E-state index in [1.807, 2.05) is 52.0 Å². The Hall–Kier alpha value is -3.27. The van der Waals surface area contributed by atoms with Crippen LogP contribution in [0.1, 0.15) is 38.3 Å². The van der Waals surface area contributed by atoms with Crippen molar-refractivity contribution in [3.63, 3.8) is 0 Å². The third-order valence-electron chi connectivity index (χ3n) is 5.75. The number of benzene rings is 2. The molecule has 0 fully saturated rings. The summed E-state index contributed by atoms with van der Waals surface area (Å²) in [5, 5.41) is 2.88. The van der Waals surface area contributed by atoms with Gasteiger partial charge < -0.3 is 19.7 Å². The van der Waals surface area contributed by atoms with E-state index in [4.69, 9.17) is 9.47 Å². The number of nitrogens with zero attached hydrogens (tertiary/aromatic N) is 2. The van der Waals surface area contributed by atoms with Gasteiger partial charge in [-0.05, 0) is 50.5 Å². The molecule has 1 N–H and O–H groups in total. The monoisotopic (exact) mass is 519 g/mol. The minimum absolute atomic E-state index is 0.115. The van der Waals surface area contributed by atoms with Gasteiger partial charge in [-0.1, -0.05) is 31.2 Å². The summed E-state index contributed by atoms with van der Waals surface area (Å²) in [5.74, 6) is -0.130. The lowest BCUT2D eigenvalue weighted by Crippen LogP contribution is -2.53.